The second-order valence-corrected chi connectivity index (χ2v) is 9.32. The molecule has 4 rings (SSSR count). The van der Waals surface area contributed by atoms with Gasteiger partial charge in [-0.05, 0) is 24.6 Å². The maximum absolute atomic E-state index is 13.9. The van der Waals surface area contributed by atoms with E-state index in [4.69, 9.17) is 42.4 Å². The fourth-order valence-electron chi connectivity index (χ4n) is 4.11. The van der Waals surface area contributed by atoms with E-state index in [1.807, 2.05) is 19.1 Å². The van der Waals surface area contributed by atoms with Gasteiger partial charge in [-0.25, -0.2) is 9.97 Å². The number of para-hydroxylation sites is 1. The number of carbonyl (C=O) groups is 1. The van der Waals surface area contributed by atoms with Crippen LogP contribution in [0.1, 0.15) is 12.5 Å². The molecule has 0 bridgehead atoms. The summed E-state index contributed by atoms with van der Waals surface area (Å²) < 4.78 is 17.5. The van der Waals surface area contributed by atoms with Gasteiger partial charge >= 0.3 is 0 Å². The van der Waals surface area contributed by atoms with Gasteiger partial charge in [0, 0.05) is 20.1 Å². The molecular weight excluding hydrogens is 545 g/mol. The Morgan fingerprint density at radius 3 is 2.38 bits per heavy atom. The van der Waals surface area contributed by atoms with E-state index in [9.17, 15) is 9.59 Å². The summed E-state index contributed by atoms with van der Waals surface area (Å²) in [6, 6.07) is 8.68. The molecule has 204 valence electrons. The van der Waals surface area contributed by atoms with Crippen LogP contribution in [0.3, 0.4) is 0 Å². The Hall–Kier alpha value is -3.86. The summed E-state index contributed by atoms with van der Waals surface area (Å²) in [6.07, 6.45) is 1.48. The topological polar surface area (TPSA) is 117 Å². The van der Waals surface area contributed by atoms with Crippen molar-refractivity contribution in [1.82, 2.24) is 14.5 Å². The van der Waals surface area contributed by atoms with Crippen molar-refractivity contribution in [3.63, 3.8) is 0 Å². The van der Waals surface area contributed by atoms with Crippen molar-refractivity contribution in [2.75, 3.05) is 38.6 Å². The van der Waals surface area contributed by atoms with E-state index in [1.54, 1.807) is 18.2 Å². The van der Waals surface area contributed by atoms with E-state index in [0.717, 1.165) is 5.56 Å². The number of fused-ring (bicyclic) bond motifs is 1. The maximum Gasteiger partial charge on any atom is 0.261 e. The first kappa shape index (κ1) is 28.2. The predicted molar refractivity (Wildman–Crippen MR) is 153 cm³/mol. The van der Waals surface area contributed by atoms with Gasteiger partial charge in [0.15, 0.2) is 0 Å². The van der Waals surface area contributed by atoms with Gasteiger partial charge in [0.2, 0.25) is 5.91 Å². The average Bonchev–Trinajstić information content (AvgIpc) is 2.90. The molecule has 39 heavy (non-hydrogen) atoms. The van der Waals surface area contributed by atoms with Crippen molar-refractivity contribution in [1.29, 1.82) is 0 Å². The molecular formula is C27H27Cl2N5O5. The summed E-state index contributed by atoms with van der Waals surface area (Å²) in [6.45, 7) is 3.74. The highest BCUT2D eigenvalue weighted by Crippen LogP contribution is 2.45. The lowest BCUT2D eigenvalue weighted by Gasteiger charge is -2.19. The van der Waals surface area contributed by atoms with Gasteiger partial charge in [-0.3, -0.25) is 14.2 Å². The smallest absolute Gasteiger partial charge is 0.261 e. The number of amides is 1. The Balaban J connectivity index is 1.91. The second kappa shape index (κ2) is 11.9. The molecule has 4 aromatic rings. The zero-order valence-electron chi connectivity index (χ0n) is 22.0. The molecule has 2 heterocycles. The number of nitrogens with one attached hydrogen (secondary N) is 2. The van der Waals surface area contributed by atoms with Crippen molar-refractivity contribution in [3.8, 4) is 22.9 Å². The zero-order valence-corrected chi connectivity index (χ0v) is 23.5. The molecule has 0 saturated carbocycles. The fourth-order valence-corrected chi connectivity index (χ4v) is 4.78. The second-order valence-electron chi connectivity index (χ2n) is 8.56. The first-order chi connectivity index (χ1) is 18.7. The molecule has 0 aliphatic carbocycles. The molecule has 10 nitrogen and oxygen atoms in total. The van der Waals surface area contributed by atoms with Crippen molar-refractivity contribution >= 4 is 57.2 Å². The van der Waals surface area contributed by atoms with Crippen LogP contribution in [-0.4, -0.2) is 48.4 Å². The van der Waals surface area contributed by atoms with Gasteiger partial charge in [0.05, 0.1) is 71.5 Å². The van der Waals surface area contributed by atoms with Gasteiger partial charge in [-0.1, -0.05) is 35.3 Å². The average molecular weight is 572 g/mol. The van der Waals surface area contributed by atoms with Crippen molar-refractivity contribution in [3.05, 3.63) is 62.5 Å². The van der Waals surface area contributed by atoms with Crippen LogP contribution in [0.5, 0.6) is 11.5 Å². The van der Waals surface area contributed by atoms with Crippen LogP contribution in [0, 0.1) is 6.92 Å². The number of hydrogen-bond donors (Lipinski definition) is 2. The highest BCUT2D eigenvalue weighted by atomic mass is 35.5. The van der Waals surface area contributed by atoms with Crippen molar-refractivity contribution < 1.29 is 19.0 Å². The largest absolute Gasteiger partial charge is 0.495 e. The van der Waals surface area contributed by atoms with Gasteiger partial charge in [0.25, 0.3) is 5.56 Å². The number of rotatable bonds is 9. The van der Waals surface area contributed by atoms with E-state index in [0.29, 0.717) is 39.6 Å². The Bertz CT molecular complexity index is 1590. The van der Waals surface area contributed by atoms with Crippen LogP contribution in [0.4, 0.5) is 17.2 Å². The van der Waals surface area contributed by atoms with Crippen molar-refractivity contribution in [2.24, 2.45) is 0 Å². The minimum atomic E-state index is -0.349. The SMILES string of the molecule is COCCn1c(-c2c(Cl)c(OC)cc(OC)c2Cl)nc2cnc(Nc3c(C)cccc3NC(C)=O)cc2c1=O. The van der Waals surface area contributed by atoms with Crippen LogP contribution in [0.25, 0.3) is 22.3 Å². The minimum Gasteiger partial charge on any atom is -0.495 e. The molecule has 0 unspecified atom stereocenters. The highest BCUT2D eigenvalue weighted by molar-refractivity contribution is 6.41. The molecule has 2 aromatic carbocycles. The number of methoxy groups -OCH3 is 3. The van der Waals surface area contributed by atoms with Crippen LogP contribution in [-0.2, 0) is 16.1 Å². The summed E-state index contributed by atoms with van der Waals surface area (Å²) in [7, 11) is 4.47. The first-order valence-corrected chi connectivity index (χ1v) is 12.6. The predicted octanol–water partition coefficient (Wildman–Crippen LogP) is 5.44. The van der Waals surface area contributed by atoms with E-state index < -0.39 is 0 Å². The summed E-state index contributed by atoms with van der Waals surface area (Å²) >= 11 is 13.3. The van der Waals surface area contributed by atoms with Crippen LogP contribution in [0.15, 0.2) is 41.3 Å². The summed E-state index contributed by atoms with van der Waals surface area (Å²) in [5.74, 6) is 1.02. The number of carbonyl (C=O) groups excluding carboxylic acids is 1. The number of hydrogen-bond acceptors (Lipinski definition) is 8. The lowest BCUT2D eigenvalue weighted by molar-refractivity contribution is -0.114. The van der Waals surface area contributed by atoms with Gasteiger partial charge in [-0.2, -0.15) is 0 Å². The molecule has 0 atom stereocenters. The number of anilines is 3. The van der Waals surface area contributed by atoms with E-state index in [1.165, 1.54) is 39.0 Å². The molecule has 0 fully saturated rings. The third kappa shape index (κ3) is 5.63. The van der Waals surface area contributed by atoms with E-state index in [2.05, 4.69) is 15.6 Å². The maximum atomic E-state index is 13.9. The summed E-state index contributed by atoms with van der Waals surface area (Å²) in [5.41, 5.74) is 2.39. The third-order valence-corrected chi connectivity index (χ3v) is 6.74. The lowest BCUT2D eigenvalue weighted by atomic mass is 10.1. The van der Waals surface area contributed by atoms with Gasteiger partial charge in [-0.15, -0.1) is 0 Å². The Kier molecular flexibility index (Phi) is 8.59. The Morgan fingerprint density at radius 2 is 1.77 bits per heavy atom. The third-order valence-electron chi connectivity index (χ3n) is 5.99. The minimum absolute atomic E-state index is 0.176. The summed E-state index contributed by atoms with van der Waals surface area (Å²) in [5, 5.41) is 6.69. The number of aryl methyl sites for hydroxylation is 1. The van der Waals surface area contributed by atoms with E-state index in [-0.39, 0.29) is 46.1 Å². The molecule has 1 amide bonds. The normalized spacial score (nSPS) is 10.9. The summed E-state index contributed by atoms with van der Waals surface area (Å²) in [4.78, 5) is 34.8. The zero-order chi connectivity index (χ0) is 28.3. The molecule has 2 N–H and O–H groups in total. The number of ether oxygens (including phenoxy) is 3. The molecule has 0 aliphatic heterocycles. The van der Waals surface area contributed by atoms with Crippen LogP contribution < -0.4 is 25.7 Å². The molecule has 0 spiro atoms. The van der Waals surface area contributed by atoms with Gasteiger partial charge < -0.3 is 24.8 Å². The quantitative estimate of drug-likeness (QED) is 0.273. The first-order valence-electron chi connectivity index (χ1n) is 11.8. The Morgan fingerprint density at radius 1 is 1.08 bits per heavy atom. The number of pyridine rings is 1. The molecule has 0 saturated heterocycles. The number of halogens is 2. The fraction of sp³-hybridized carbons (Fsp3) is 0.259. The van der Waals surface area contributed by atoms with Crippen LogP contribution >= 0.6 is 23.2 Å². The lowest BCUT2D eigenvalue weighted by Crippen LogP contribution is -2.26. The molecule has 12 heteroatoms. The molecule has 0 aliphatic rings. The van der Waals surface area contributed by atoms with Gasteiger partial charge in [0.1, 0.15) is 23.1 Å². The van der Waals surface area contributed by atoms with E-state index >= 15 is 0 Å². The molecule has 0 radical (unpaired) electrons. The standard InChI is InChI=1S/C27H27Cl2N5O5/c1-14-7-6-8-17(31-15(2)35)25(14)33-21-11-16-18(13-30-21)32-26(34(27(16)36)9-10-37-3)22-23(28)19(38-4)12-20(39-5)24(22)29/h6-8,11-13H,9-10H2,1-5H3,(H,30,33)(H,31,35). The highest BCUT2D eigenvalue weighted by Gasteiger charge is 2.24. The Labute approximate surface area is 234 Å². The van der Waals surface area contributed by atoms with Crippen molar-refractivity contribution in [2.45, 2.75) is 20.4 Å². The number of nitrogens with zero attached hydrogens (tertiary/aromatic N) is 3. The molecule has 2 aromatic heterocycles. The number of aromatic nitrogens is 3. The number of benzene rings is 2. The van der Waals surface area contributed by atoms with Crippen LogP contribution in [0.2, 0.25) is 10.0 Å². The monoisotopic (exact) mass is 571 g/mol.